The maximum Gasteiger partial charge on any atom is 0.320 e. The van der Waals surface area contributed by atoms with Gasteiger partial charge in [-0.15, -0.1) is 0 Å². The van der Waals surface area contributed by atoms with Crippen LogP contribution in [0.15, 0.2) is 24.3 Å². The van der Waals surface area contributed by atoms with Gasteiger partial charge in [0.2, 0.25) is 0 Å². The first-order valence-electron chi connectivity index (χ1n) is 7.96. The second-order valence-corrected chi connectivity index (χ2v) is 6.87. The van der Waals surface area contributed by atoms with Gasteiger partial charge in [0.15, 0.2) is 0 Å². The summed E-state index contributed by atoms with van der Waals surface area (Å²) in [6.45, 7) is 6.65. The highest BCUT2D eigenvalue weighted by Crippen LogP contribution is 2.35. The molecule has 0 bridgehead atoms. The van der Waals surface area contributed by atoms with Gasteiger partial charge in [0.05, 0.1) is 13.2 Å². The summed E-state index contributed by atoms with van der Waals surface area (Å²) in [5, 5.41) is 0.771. The van der Waals surface area contributed by atoms with Gasteiger partial charge in [-0.05, 0) is 36.0 Å². The van der Waals surface area contributed by atoms with Crippen molar-refractivity contribution in [2.75, 3.05) is 39.4 Å². The van der Waals surface area contributed by atoms with Crippen LogP contribution in [0.4, 0.5) is 4.79 Å². The predicted molar refractivity (Wildman–Crippen MR) is 87.4 cm³/mol. The van der Waals surface area contributed by atoms with Gasteiger partial charge in [0.1, 0.15) is 0 Å². The molecule has 0 saturated carbocycles. The van der Waals surface area contributed by atoms with Crippen LogP contribution in [-0.4, -0.2) is 55.2 Å². The average Bonchev–Trinajstić information content (AvgIpc) is 2.56. The van der Waals surface area contributed by atoms with Crippen molar-refractivity contribution in [3.8, 4) is 0 Å². The number of hydrogen-bond donors (Lipinski definition) is 0. The summed E-state index contributed by atoms with van der Waals surface area (Å²) >= 11 is 5.98. The van der Waals surface area contributed by atoms with Crippen molar-refractivity contribution in [1.82, 2.24) is 9.80 Å². The largest absolute Gasteiger partial charge is 0.378 e. The number of amides is 2. The van der Waals surface area contributed by atoms with Gasteiger partial charge < -0.3 is 14.5 Å². The van der Waals surface area contributed by atoms with Crippen LogP contribution in [-0.2, 0) is 10.2 Å². The number of morpholine rings is 1. The zero-order valence-electron chi connectivity index (χ0n) is 13.1. The van der Waals surface area contributed by atoms with E-state index in [0.717, 1.165) is 31.0 Å². The summed E-state index contributed by atoms with van der Waals surface area (Å²) in [6, 6.07) is 8.30. The number of benzene rings is 1. The maximum atomic E-state index is 12.5. The van der Waals surface area contributed by atoms with Crippen molar-refractivity contribution in [2.45, 2.75) is 25.2 Å². The molecule has 0 aromatic heterocycles. The van der Waals surface area contributed by atoms with Gasteiger partial charge in [-0.1, -0.05) is 30.7 Å². The topological polar surface area (TPSA) is 32.8 Å². The highest BCUT2D eigenvalue weighted by molar-refractivity contribution is 6.30. The molecule has 1 aromatic rings. The summed E-state index contributed by atoms with van der Waals surface area (Å²) in [7, 11) is 0. The molecule has 2 heterocycles. The van der Waals surface area contributed by atoms with Crippen LogP contribution < -0.4 is 0 Å². The van der Waals surface area contributed by atoms with Gasteiger partial charge in [0.25, 0.3) is 0 Å². The number of urea groups is 1. The van der Waals surface area contributed by atoms with Gasteiger partial charge >= 0.3 is 6.03 Å². The Morgan fingerprint density at radius 2 is 1.59 bits per heavy atom. The average molecular weight is 323 g/mol. The van der Waals surface area contributed by atoms with E-state index in [-0.39, 0.29) is 11.4 Å². The van der Waals surface area contributed by atoms with E-state index in [1.165, 1.54) is 5.56 Å². The molecule has 2 amide bonds. The summed E-state index contributed by atoms with van der Waals surface area (Å²) < 4.78 is 5.31. The molecule has 0 unspecified atom stereocenters. The second-order valence-electron chi connectivity index (χ2n) is 6.44. The number of carbonyl (C=O) groups excluding carboxylic acids is 1. The maximum absolute atomic E-state index is 12.5. The van der Waals surface area contributed by atoms with Crippen molar-refractivity contribution in [1.29, 1.82) is 0 Å². The van der Waals surface area contributed by atoms with Crippen LogP contribution in [0.2, 0.25) is 5.02 Å². The van der Waals surface area contributed by atoms with E-state index >= 15 is 0 Å². The zero-order chi connectivity index (χ0) is 15.6. The SMILES string of the molecule is CC1(c2ccc(Cl)cc2)CCN(C(=O)N2CCOCC2)CC1. The Kier molecular flexibility index (Phi) is 4.59. The van der Waals surface area contributed by atoms with Crippen LogP contribution in [0.25, 0.3) is 0 Å². The number of nitrogens with zero attached hydrogens (tertiary/aromatic N) is 2. The second kappa shape index (κ2) is 6.47. The molecular weight excluding hydrogens is 300 g/mol. The molecule has 0 aliphatic carbocycles. The number of halogens is 1. The van der Waals surface area contributed by atoms with Crippen molar-refractivity contribution >= 4 is 17.6 Å². The van der Waals surface area contributed by atoms with E-state index in [9.17, 15) is 4.79 Å². The first-order valence-corrected chi connectivity index (χ1v) is 8.34. The van der Waals surface area contributed by atoms with Gasteiger partial charge in [-0.3, -0.25) is 0 Å². The third-order valence-corrected chi connectivity index (χ3v) is 5.21. The molecule has 0 atom stereocenters. The zero-order valence-corrected chi connectivity index (χ0v) is 13.8. The molecule has 2 aliphatic rings. The van der Waals surface area contributed by atoms with E-state index in [1.807, 2.05) is 21.9 Å². The number of likely N-dealkylation sites (tertiary alicyclic amines) is 1. The minimum absolute atomic E-state index is 0.131. The molecular formula is C17H23ClN2O2. The van der Waals surface area contributed by atoms with Gasteiger partial charge in [-0.25, -0.2) is 4.79 Å². The molecule has 0 N–H and O–H groups in total. The predicted octanol–water partition coefficient (Wildman–Crippen LogP) is 3.15. The molecule has 0 spiro atoms. The summed E-state index contributed by atoms with van der Waals surface area (Å²) in [5.41, 5.74) is 1.45. The Morgan fingerprint density at radius 3 is 2.18 bits per heavy atom. The van der Waals surface area contributed by atoms with E-state index in [1.54, 1.807) is 0 Å². The Hall–Kier alpha value is -1.26. The monoisotopic (exact) mass is 322 g/mol. The first kappa shape index (κ1) is 15.6. The van der Waals surface area contributed by atoms with E-state index < -0.39 is 0 Å². The molecule has 1 aromatic carbocycles. The van der Waals surface area contributed by atoms with Crippen LogP contribution in [0.1, 0.15) is 25.3 Å². The van der Waals surface area contributed by atoms with Crippen molar-refractivity contribution in [2.24, 2.45) is 0 Å². The number of piperidine rings is 1. The Bertz CT molecular complexity index is 518. The lowest BCUT2D eigenvalue weighted by Gasteiger charge is -2.42. The Balaban J connectivity index is 1.61. The van der Waals surface area contributed by atoms with Gasteiger partial charge in [0, 0.05) is 31.2 Å². The fourth-order valence-corrected chi connectivity index (χ4v) is 3.41. The van der Waals surface area contributed by atoms with Gasteiger partial charge in [-0.2, -0.15) is 0 Å². The highest BCUT2D eigenvalue weighted by atomic mass is 35.5. The smallest absolute Gasteiger partial charge is 0.320 e. The number of ether oxygens (including phenoxy) is 1. The molecule has 2 saturated heterocycles. The molecule has 3 rings (SSSR count). The first-order chi connectivity index (χ1) is 10.6. The van der Waals surface area contributed by atoms with Crippen LogP contribution in [0.5, 0.6) is 0 Å². The number of hydrogen-bond acceptors (Lipinski definition) is 2. The summed E-state index contributed by atoms with van der Waals surface area (Å²) in [6.07, 6.45) is 1.98. The summed E-state index contributed by atoms with van der Waals surface area (Å²) in [4.78, 5) is 16.4. The van der Waals surface area contributed by atoms with Crippen molar-refractivity contribution < 1.29 is 9.53 Å². The van der Waals surface area contributed by atoms with Crippen LogP contribution in [0.3, 0.4) is 0 Å². The number of carbonyl (C=O) groups is 1. The Labute approximate surface area is 137 Å². The molecule has 2 fully saturated rings. The van der Waals surface area contributed by atoms with E-state index in [2.05, 4.69) is 19.1 Å². The summed E-state index contributed by atoms with van der Waals surface area (Å²) in [5.74, 6) is 0. The highest BCUT2D eigenvalue weighted by Gasteiger charge is 2.34. The van der Waals surface area contributed by atoms with Crippen molar-refractivity contribution in [3.63, 3.8) is 0 Å². The lowest BCUT2D eigenvalue weighted by atomic mass is 9.74. The standard InChI is InChI=1S/C17H23ClN2O2/c1-17(14-2-4-15(18)5-3-14)6-8-19(9-7-17)16(21)20-10-12-22-13-11-20/h2-5H,6-13H2,1H3. The lowest BCUT2D eigenvalue weighted by Crippen LogP contribution is -2.52. The normalized spacial score (nSPS) is 21.7. The number of rotatable bonds is 1. The molecule has 2 aliphatic heterocycles. The third kappa shape index (κ3) is 3.23. The quantitative estimate of drug-likeness (QED) is 0.795. The molecule has 120 valence electrons. The minimum atomic E-state index is 0.131. The molecule has 5 heteroatoms. The minimum Gasteiger partial charge on any atom is -0.378 e. The fraction of sp³-hybridized carbons (Fsp3) is 0.588. The molecule has 0 radical (unpaired) electrons. The van der Waals surface area contributed by atoms with Crippen LogP contribution >= 0.6 is 11.6 Å². The van der Waals surface area contributed by atoms with E-state index in [4.69, 9.17) is 16.3 Å². The lowest BCUT2D eigenvalue weighted by molar-refractivity contribution is 0.0393. The van der Waals surface area contributed by atoms with E-state index in [0.29, 0.717) is 26.3 Å². The molecule has 4 nitrogen and oxygen atoms in total. The van der Waals surface area contributed by atoms with Crippen LogP contribution in [0, 0.1) is 0 Å². The molecule has 22 heavy (non-hydrogen) atoms. The Morgan fingerprint density at radius 1 is 1.05 bits per heavy atom. The van der Waals surface area contributed by atoms with Crippen molar-refractivity contribution in [3.05, 3.63) is 34.9 Å². The fourth-order valence-electron chi connectivity index (χ4n) is 3.29. The third-order valence-electron chi connectivity index (χ3n) is 4.96.